The van der Waals surface area contributed by atoms with Crippen molar-refractivity contribution in [2.24, 2.45) is 0 Å². The number of nitrogens with zero attached hydrogens (tertiary/aromatic N) is 3. The third kappa shape index (κ3) is 4.76. The van der Waals surface area contributed by atoms with Crippen molar-refractivity contribution < 1.29 is 4.79 Å². The number of benzene rings is 1. The van der Waals surface area contributed by atoms with Crippen molar-refractivity contribution in [3.63, 3.8) is 0 Å². The maximum absolute atomic E-state index is 12.5. The minimum Gasteiger partial charge on any atom is -0.378 e. The van der Waals surface area contributed by atoms with E-state index in [9.17, 15) is 9.59 Å². The predicted molar refractivity (Wildman–Crippen MR) is 107 cm³/mol. The number of aromatic nitrogens is 1. The minimum atomic E-state index is -0.374. The van der Waals surface area contributed by atoms with Gasteiger partial charge in [-0.3, -0.25) is 9.59 Å². The third-order valence-electron chi connectivity index (χ3n) is 4.81. The minimum absolute atomic E-state index is 0.0233. The third-order valence-corrected chi connectivity index (χ3v) is 4.81. The number of nitriles is 1. The molecule has 0 atom stereocenters. The Bertz CT molecular complexity index is 921. The highest BCUT2D eigenvalue weighted by Gasteiger charge is 2.15. The lowest BCUT2D eigenvalue weighted by molar-refractivity contribution is -0.130. The fourth-order valence-electron chi connectivity index (χ4n) is 3.10. The topological polar surface area (TPSA) is 80.2 Å². The molecule has 1 amide bonds. The zero-order valence-electron chi connectivity index (χ0n) is 16.6. The van der Waals surface area contributed by atoms with Crippen LogP contribution in [-0.4, -0.2) is 36.9 Å². The van der Waals surface area contributed by atoms with E-state index in [-0.39, 0.29) is 17.0 Å². The van der Waals surface area contributed by atoms with Gasteiger partial charge >= 0.3 is 0 Å². The van der Waals surface area contributed by atoms with Crippen LogP contribution in [0.5, 0.6) is 0 Å². The van der Waals surface area contributed by atoms with Gasteiger partial charge in [0, 0.05) is 45.5 Å². The smallest absolute Gasteiger partial charge is 0.266 e. The van der Waals surface area contributed by atoms with Gasteiger partial charge in [-0.05, 0) is 49.1 Å². The van der Waals surface area contributed by atoms with Crippen molar-refractivity contribution in [1.29, 1.82) is 5.26 Å². The normalized spacial score (nSPS) is 10.4. The van der Waals surface area contributed by atoms with Gasteiger partial charge in [-0.25, -0.2) is 0 Å². The molecule has 0 radical (unpaired) electrons. The standard InChI is InChI=1S/C21H26N4O2/c1-14-18(15(2)23-21(27)19(14)12-22)10-11-20(26)25(5)13-16-6-8-17(9-7-16)24(3)4/h6-9H,10-11,13H2,1-5H3,(H,23,27). The number of hydrogen-bond acceptors (Lipinski definition) is 4. The summed E-state index contributed by atoms with van der Waals surface area (Å²) in [7, 11) is 5.77. The van der Waals surface area contributed by atoms with Gasteiger partial charge in [-0.1, -0.05) is 12.1 Å². The molecule has 2 rings (SSSR count). The summed E-state index contributed by atoms with van der Waals surface area (Å²) in [5.74, 6) is 0.0233. The molecule has 142 valence electrons. The molecule has 0 fully saturated rings. The zero-order chi connectivity index (χ0) is 20.1. The molecule has 2 aromatic rings. The highest BCUT2D eigenvalue weighted by Crippen LogP contribution is 2.17. The molecule has 0 unspecified atom stereocenters. The van der Waals surface area contributed by atoms with E-state index in [0.29, 0.717) is 30.6 Å². The molecule has 1 heterocycles. The van der Waals surface area contributed by atoms with Crippen molar-refractivity contribution in [3.8, 4) is 6.07 Å². The number of hydrogen-bond donors (Lipinski definition) is 1. The molecule has 6 nitrogen and oxygen atoms in total. The Morgan fingerprint density at radius 3 is 2.33 bits per heavy atom. The Morgan fingerprint density at radius 1 is 1.15 bits per heavy atom. The number of aryl methyl sites for hydroxylation is 1. The lowest BCUT2D eigenvalue weighted by Gasteiger charge is -2.19. The predicted octanol–water partition coefficient (Wildman–Crippen LogP) is 2.52. The van der Waals surface area contributed by atoms with Crippen LogP contribution in [0.3, 0.4) is 0 Å². The van der Waals surface area contributed by atoms with E-state index in [1.807, 2.05) is 49.3 Å². The first-order chi connectivity index (χ1) is 12.7. The number of pyridine rings is 1. The Hall–Kier alpha value is -3.07. The quantitative estimate of drug-likeness (QED) is 0.852. The summed E-state index contributed by atoms with van der Waals surface area (Å²) in [6, 6.07) is 10.1. The Balaban J connectivity index is 2.03. The maximum Gasteiger partial charge on any atom is 0.266 e. The summed E-state index contributed by atoms with van der Waals surface area (Å²) in [4.78, 5) is 30.8. The average molecular weight is 366 g/mol. The molecular formula is C21H26N4O2. The number of rotatable bonds is 6. The number of amides is 1. The van der Waals surface area contributed by atoms with Gasteiger partial charge in [0.15, 0.2) is 0 Å². The fourth-order valence-corrected chi connectivity index (χ4v) is 3.10. The van der Waals surface area contributed by atoms with Crippen LogP contribution >= 0.6 is 0 Å². The lowest BCUT2D eigenvalue weighted by Crippen LogP contribution is -2.27. The van der Waals surface area contributed by atoms with Gasteiger partial charge in [0.05, 0.1) is 0 Å². The number of anilines is 1. The number of aromatic amines is 1. The number of carbonyl (C=O) groups excluding carboxylic acids is 1. The molecule has 0 bridgehead atoms. The van der Waals surface area contributed by atoms with Crippen LogP contribution in [0.25, 0.3) is 0 Å². The van der Waals surface area contributed by atoms with Gasteiger partial charge < -0.3 is 14.8 Å². The molecule has 1 aromatic heterocycles. The van der Waals surface area contributed by atoms with Crippen molar-refractivity contribution in [3.05, 3.63) is 62.6 Å². The molecule has 6 heteroatoms. The van der Waals surface area contributed by atoms with Gasteiger partial charge in [0.1, 0.15) is 11.6 Å². The monoisotopic (exact) mass is 366 g/mol. The number of H-pyrrole nitrogens is 1. The second-order valence-corrected chi connectivity index (χ2v) is 6.98. The van der Waals surface area contributed by atoms with E-state index in [1.165, 1.54) is 0 Å². The second-order valence-electron chi connectivity index (χ2n) is 6.98. The zero-order valence-corrected chi connectivity index (χ0v) is 16.6. The highest BCUT2D eigenvalue weighted by molar-refractivity contribution is 5.76. The van der Waals surface area contributed by atoms with E-state index in [0.717, 1.165) is 16.8 Å². The molecular weight excluding hydrogens is 340 g/mol. The number of carbonyl (C=O) groups is 1. The van der Waals surface area contributed by atoms with E-state index >= 15 is 0 Å². The van der Waals surface area contributed by atoms with E-state index in [1.54, 1.807) is 25.8 Å². The van der Waals surface area contributed by atoms with Crippen LogP contribution < -0.4 is 10.5 Å². The van der Waals surface area contributed by atoms with Crippen LogP contribution in [0.2, 0.25) is 0 Å². The van der Waals surface area contributed by atoms with Crippen molar-refractivity contribution in [1.82, 2.24) is 9.88 Å². The first-order valence-corrected chi connectivity index (χ1v) is 8.87. The Kier molecular flexibility index (Phi) is 6.40. The van der Waals surface area contributed by atoms with E-state index in [2.05, 4.69) is 4.98 Å². The summed E-state index contributed by atoms with van der Waals surface area (Å²) < 4.78 is 0. The fraction of sp³-hybridized carbons (Fsp3) is 0.381. The molecule has 0 aliphatic carbocycles. The summed E-state index contributed by atoms with van der Waals surface area (Å²) >= 11 is 0. The van der Waals surface area contributed by atoms with E-state index < -0.39 is 0 Å². The van der Waals surface area contributed by atoms with Gasteiger partial charge in [-0.15, -0.1) is 0 Å². The molecule has 0 aliphatic heterocycles. The largest absolute Gasteiger partial charge is 0.378 e. The molecule has 0 aliphatic rings. The maximum atomic E-state index is 12.5. The number of nitrogens with one attached hydrogen (secondary N) is 1. The Morgan fingerprint density at radius 2 is 1.78 bits per heavy atom. The van der Waals surface area contributed by atoms with Gasteiger partial charge in [0.25, 0.3) is 5.56 Å². The summed E-state index contributed by atoms with van der Waals surface area (Å²) in [6.07, 6.45) is 0.816. The van der Waals surface area contributed by atoms with Crippen LogP contribution in [0, 0.1) is 25.2 Å². The van der Waals surface area contributed by atoms with Crippen molar-refractivity contribution in [2.75, 3.05) is 26.0 Å². The molecule has 1 N–H and O–H groups in total. The first-order valence-electron chi connectivity index (χ1n) is 8.87. The van der Waals surface area contributed by atoms with Gasteiger partial charge in [0.2, 0.25) is 5.91 Å². The van der Waals surface area contributed by atoms with Crippen LogP contribution in [0.1, 0.15) is 34.4 Å². The second kappa shape index (κ2) is 8.54. The molecule has 0 saturated heterocycles. The van der Waals surface area contributed by atoms with Crippen molar-refractivity contribution in [2.45, 2.75) is 33.2 Å². The van der Waals surface area contributed by atoms with Crippen molar-refractivity contribution >= 4 is 11.6 Å². The van der Waals surface area contributed by atoms with Crippen LogP contribution in [0.15, 0.2) is 29.1 Å². The molecule has 0 saturated carbocycles. The molecule has 27 heavy (non-hydrogen) atoms. The van der Waals surface area contributed by atoms with Gasteiger partial charge in [-0.2, -0.15) is 5.26 Å². The van der Waals surface area contributed by atoms with Crippen LogP contribution in [0.4, 0.5) is 5.69 Å². The SMILES string of the molecule is Cc1[nH]c(=O)c(C#N)c(C)c1CCC(=O)N(C)Cc1ccc(N(C)C)cc1. The molecule has 1 aromatic carbocycles. The molecule has 0 spiro atoms. The first kappa shape index (κ1) is 20.2. The summed E-state index contributed by atoms with van der Waals surface area (Å²) in [5.41, 5.74) is 4.17. The summed E-state index contributed by atoms with van der Waals surface area (Å²) in [5, 5.41) is 9.15. The Labute approximate surface area is 160 Å². The van der Waals surface area contributed by atoms with Crippen LogP contribution in [-0.2, 0) is 17.8 Å². The average Bonchev–Trinajstić information content (AvgIpc) is 2.61. The highest BCUT2D eigenvalue weighted by atomic mass is 16.2. The van der Waals surface area contributed by atoms with E-state index in [4.69, 9.17) is 5.26 Å². The lowest BCUT2D eigenvalue weighted by atomic mass is 9.99. The summed E-state index contributed by atoms with van der Waals surface area (Å²) in [6.45, 7) is 4.10.